The summed E-state index contributed by atoms with van der Waals surface area (Å²) in [5.41, 5.74) is 2.35. The van der Waals surface area contributed by atoms with Gasteiger partial charge in [-0.3, -0.25) is 9.59 Å². The SMILES string of the molecule is CCCCCCCCCCCCCCCCCCOc1ccc(C(=O)c2ccccc2)c(O)c1.O=C(c1ccccc1)c1ccccc1. The zero-order valence-corrected chi connectivity index (χ0v) is 29.1. The molecule has 4 rings (SSSR count). The lowest BCUT2D eigenvalue weighted by Gasteiger charge is -2.09. The van der Waals surface area contributed by atoms with Gasteiger partial charge in [-0.1, -0.05) is 194 Å². The maximum atomic E-state index is 12.5. The average molecular weight is 649 g/mol. The Bertz CT molecular complexity index is 1380. The van der Waals surface area contributed by atoms with Crippen LogP contribution in [0.15, 0.2) is 109 Å². The summed E-state index contributed by atoms with van der Waals surface area (Å²) >= 11 is 0. The molecule has 0 atom stereocenters. The highest BCUT2D eigenvalue weighted by atomic mass is 16.5. The van der Waals surface area contributed by atoms with Crippen molar-refractivity contribution in [3.05, 3.63) is 131 Å². The Morgan fingerprint density at radius 1 is 0.479 bits per heavy atom. The molecule has 4 heteroatoms. The molecular weight excluding hydrogens is 592 g/mol. The van der Waals surface area contributed by atoms with E-state index in [1.807, 2.05) is 78.9 Å². The number of carbonyl (C=O) groups excluding carboxylic acids is 2. The first-order valence-corrected chi connectivity index (χ1v) is 18.3. The van der Waals surface area contributed by atoms with Gasteiger partial charge in [0.15, 0.2) is 11.6 Å². The van der Waals surface area contributed by atoms with Gasteiger partial charge < -0.3 is 9.84 Å². The number of unbranched alkanes of at least 4 members (excludes halogenated alkanes) is 15. The molecule has 4 nitrogen and oxygen atoms in total. The average Bonchev–Trinajstić information content (AvgIpc) is 3.14. The Hall–Kier alpha value is -4.18. The first kappa shape index (κ1) is 38.3. The van der Waals surface area contributed by atoms with Crippen LogP contribution in [-0.2, 0) is 0 Å². The summed E-state index contributed by atoms with van der Waals surface area (Å²) in [7, 11) is 0. The van der Waals surface area contributed by atoms with Gasteiger partial charge in [-0.2, -0.15) is 0 Å². The first-order chi connectivity index (χ1) is 23.6. The molecule has 48 heavy (non-hydrogen) atoms. The zero-order valence-electron chi connectivity index (χ0n) is 29.1. The number of hydrogen-bond donors (Lipinski definition) is 1. The van der Waals surface area contributed by atoms with Crippen molar-refractivity contribution in [1.82, 2.24) is 0 Å². The summed E-state index contributed by atoms with van der Waals surface area (Å²) in [4.78, 5) is 24.3. The number of rotatable bonds is 22. The molecule has 4 aromatic carbocycles. The van der Waals surface area contributed by atoms with E-state index in [1.165, 1.54) is 96.3 Å². The molecule has 0 aliphatic heterocycles. The molecule has 0 amide bonds. The number of hydrogen-bond acceptors (Lipinski definition) is 4. The zero-order chi connectivity index (χ0) is 34.1. The van der Waals surface area contributed by atoms with E-state index >= 15 is 0 Å². The van der Waals surface area contributed by atoms with Gasteiger partial charge >= 0.3 is 0 Å². The van der Waals surface area contributed by atoms with E-state index in [4.69, 9.17) is 4.74 Å². The third kappa shape index (κ3) is 15.2. The second-order valence-corrected chi connectivity index (χ2v) is 12.6. The van der Waals surface area contributed by atoms with E-state index in [1.54, 1.807) is 30.3 Å². The van der Waals surface area contributed by atoms with E-state index in [0.29, 0.717) is 23.5 Å². The lowest BCUT2D eigenvalue weighted by Crippen LogP contribution is -2.02. The minimum absolute atomic E-state index is 0.0293. The van der Waals surface area contributed by atoms with Crippen LogP contribution in [0, 0.1) is 0 Å². The number of benzene rings is 4. The summed E-state index contributed by atoms with van der Waals surface area (Å²) in [6, 6.07) is 32.6. The molecule has 0 aromatic heterocycles. The number of ketones is 2. The standard InChI is InChI=1S/C31H46O3.C13H10O/c1-2-3-4-5-6-7-8-9-10-11-12-13-14-15-16-20-25-34-28-23-24-29(30(32)26-28)31(33)27-21-18-17-19-22-27;14-13(11-7-3-1-4-8-11)12-9-5-2-6-10-12/h17-19,21-24,26,32H,2-16,20,25H2,1H3;1-10H. The van der Waals surface area contributed by atoms with Crippen molar-refractivity contribution >= 4 is 11.6 Å². The maximum Gasteiger partial charge on any atom is 0.196 e. The summed E-state index contributed by atoms with van der Waals surface area (Å²) in [5.74, 6) is 0.482. The number of ether oxygens (including phenoxy) is 1. The highest BCUT2D eigenvalue weighted by molar-refractivity contribution is 6.10. The fourth-order valence-corrected chi connectivity index (χ4v) is 5.72. The van der Waals surface area contributed by atoms with Gasteiger partial charge in [0.25, 0.3) is 0 Å². The van der Waals surface area contributed by atoms with Crippen LogP contribution in [0.4, 0.5) is 0 Å². The van der Waals surface area contributed by atoms with Crippen LogP contribution in [0.2, 0.25) is 0 Å². The highest BCUT2D eigenvalue weighted by Crippen LogP contribution is 2.26. The second kappa shape index (κ2) is 24.0. The van der Waals surface area contributed by atoms with Crippen molar-refractivity contribution in [2.45, 2.75) is 110 Å². The Kier molecular flexibility index (Phi) is 19.2. The van der Waals surface area contributed by atoms with Crippen LogP contribution in [-0.4, -0.2) is 23.3 Å². The van der Waals surface area contributed by atoms with Crippen LogP contribution >= 0.6 is 0 Å². The predicted molar refractivity (Wildman–Crippen MR) is 199 cm³/mol. The molecule has 4 aromatic rings. The number of phenols is 1. The summed E-state index contributed by atoms with van der Waals surface area (Å²) in [6.07, 6.45) is 21.6. The van der Waals surface area contributed by atoms with Gasteiger partial charge in [0, 0.05) is 22.8 Å². The molecule has 0 radical (unpaired) electrons. The van der Waals surface area contributed by atoms with Crippen LogP contribution in [0.25, 0.3) is 0 Å². The smallest absolute Gasteiger partial charge is 0.196 e. The minimum atomic E-state index is -0.178. The van der Waals surface area contributed by atoms with Crippen molar-refractivity contribution in [1.29, 1.82) is 0 Å². The molecule has 1 N–H and O–H groups in total. The number of phenolic OH excluding ortho intramolecular Hbond substituents is 1. The Morgan fingerprint density at radius 2 is 0.854 bits per heavy atom. The topological polar surface area (TPSA) is 63.6 Å². The van der Waals surface area contributed by atoms with Crippen molar-refractivity contribution in [2.75, 3.05) is 6.61 Å². The summed E-state index contributed by atoms with van der Waals surface area (Å²) < 4.78 is 5.78. The molecular formula is C44H56O4. The van der Waals surface area contributed by atoms with Crippen LogP contribution < -0.4 is 4.74 Å². The van der Waals surface area contributed by atoms with E-state index in [2.05, 4.69) is 6.92 Å². The monoisotopic (exact) mass is 648 g/mol. The molecule has 0 aliphatic carbocycles. The van der Waals surface area contributed by atoms with Crippen molar-refractivity contribution in [2.24, 2.45) is 0 Å². The van der Waals surface area contributed by atoms with Crippen LogP contribution in [0.1, 0.15) is 141 Å². The lowest BCUT2D eigenvalue weighted by atomic mass is 10.0. The van der Waals surface area contributed by atoms with Crippen LogP contribution in [0.5, 0.6) is 11.5 Å². The summed E-state index contributed by atoms with van der Waals surface area (Å²) in [5, 5.41) is 10.3. The van der Waals surface area contributed by atoms with Crippen molar-refractivity contribution < 1.29 is 19.4 Å². The Labute approximate surface area is 289 Å². The molecule has 0 saturated heterocycles. The van der Waals surface area contributed by atoms with Crippen molar-refractivity contribution in [3.8, 4) is 11.5 Å². The quantitative estimate of drug-likeness (QED) is 0.0680. The van der Waals surface area contributed by atoms with E-state index in [0.717, 1.165) is 17.5 Å². The number of carbonyl (C=O) groups is 2. The van der Waals surface area contributed by atoms with Gasteiger partial charge in [-0.15, -0.1) is 0 Å². The molecule has 256 valence electrons. The molecule has 0 spiro atoms. The Morgan fingerprint density at radius 3 is 1.25 bits per heavy atom. The fourth-order valence-electron chi connectivity index (χ4n) is 5.72. The fraction of sp³-hybridized carbons (Fsp3) is 0.409. The van der Waals surface area contributed by atoms with Gasteiger partial charge in [0.05, 0.1) is 12.2 Å². The van der Waals surface area contributed by atoms with E-state index < -0.39 is 0 Å². The van der Waals surface area contributed by atoms with Crippen LogP contribution in [0.3, 0.4) is 0 Å². The number of aromatic hydroxyl groups is 1. The van der Waals surface area contributed by atoms with E-state index in [9.17, 15) is 14.7 Å². The van der Waals surface area contributed by atoms with Crippen molar-refractivity contribution in [3.63, 3.8) is 0 Å². The minimum Gasteiger partial charge on any atom is -0.507 e. The third-order valence-corrected chi connectivity index (χ3v) is 8.59. The van der Waals surface area contributed by atoms with Gasteiger partial charge in [0.2, 0.25) is 0 Å². The molecule has 0 aliphatic rings. The molecule has 0 heterocycles. The highest BCUT2D eigenvalue weighted by Gasteiger charge is 2.14. The normalized spacial score (nSPS) is 10.6. The first-order valence-electron chi connectivity index (χ1n) is 18.3. The predicted octanol–water partition coefficient (Wildman–Crippen LogP) is 12.2. The molecule has 0 saturated carbocycles. The summed E-state index contributed by atoms with van der Waals surface area (Å²) in [6.45, 7) is 2.92. The van der Waals surface area contributed by atoms with Gasteiger partial charge in [0.1, 0.15) is 11.5 Å². The Balaban J connectivity index is 0.000000368. The third-order valence-electron chi connectivity index (χ3n) is 8.59. The molecule has 0 fully saturated rings. The van der Waals surface area contributed by atoms with E-state index in [-0.39, 0.29) is 17.3 Å². The van der Waals surface area contributed by atoms with Gasteiger partial charge in [-0.05, 0) is 18.6 Å². The lowest BCUT2D eigenvalue weighted by molar-refractivity contribution is 0.102. The van der Waals surface area contributed by atoms with Gasteiger partial charge in [-0.25, -0.2) is 0 Å². The maximum absolute atomic E-state index is 12.5. The second-order valence-electron chi connectivity index (χ2n) is 12.6. The molecule has 0 unspecified atom stereocenters. The largest absolute Gasteiger partial charge is 0.507 e. The molecule has 0 bridgehead atoms.